The van der Waals surface area contributed by atoms with Crippen LogP contribution in [0.2, 0.25) is 0 Å². The van der Waals surface area contributed by atoms with Crippen molar-refractivity contribution in [2.45, 2.75) is 71.3 Å². The molecule has 0 radical (unpaired) electrons. The SMILES string of the molecule is CCNC(CC1=CCCCC1)c1ccc(C(C)(C)C)cc1. The van der Waals surface area contributed by atoms with E-state index in [1.165, 1.54) is 43.2 Å². The average Bonchev–Trinajstić information content (AvgIpc) is 2.47. The topological polar surface area (TPSA) is 12.0 Å². The molecule has 0 bridgehead atoms. The average molecular weight is 285 g/mol. The van der Waals surface area contributed by atoms with Crippen molar-refractivity contribution < 1.29 is 0 Å². The maximum absolute atomic E-state index is 3.66. The summed E-state index contributed by atoms with van der Waals surface area (Å²) in [6.07, 6.45) is 8.95. The van der Waals surface area contributed by atoms with Crippen LogP contribution in [0.4, 0.5) is 0 Å². The summed E-state index contributed by atoms with van der Waals surface area (Å²) in [7, 11) is 0. The molecule has 0 aliphatic heterocycles. The molecule has 0 aromatic heterocycles. The molecule has 1 aliphatic carbocycles. The second kappa shape index (κ2) is 7.26. The van der Waals surface area contributed by atoms with Gasteiger partial charge >= 0.3 is 0 Å². The lowest BCUT2D eigenvalue weighted by Crippen LogP contribution is -2.22. The van der Waals surface area contributed by atoms with Crippen LogP contribution in [-0.2, 0) is 5.41 Å². The lowest BCUT2D eigenvalue weighted by molar-refractivity contribution is 0.526. The number of hydrogen-bond acceptors (Lipinski definition) is 1. The smallest absolute Gasteiger partial charge is 0.0357 e. The van der Waals surface area contributed by atoms with Crippen LogP contribution in [0.25, 0.3) is 0 Å². The molecule has 1 atom stereocenters. The second-order valence-corrected chi connectivity index (χ2v) is 7.29. The number of benzene rings is 1. The number of nitrogens with one attached hydrogen (secondary N) is 1. The maximum atomic E-state index is 3.66. The van der Waals surface area contributed by atoms with Crippen molar-refractivity contribution in [3.8, 4) is 0 Å². The van der Waals surface area contributed by atoms with Gasteiger partial charge in [-0.3, -0.25) is 0 Å². The first kappa shape index (κ1) is 16.3. The van der Waals surface area contributed by atoms with Gasteiger partial charge in [-0.2, -0.15) is 0 Å². The zero-order valence-electron chi connectivity index (χ0n) is 14.2. The van der Waals surface area contributed by atoms with Crippen molar-refractivity contribution >= 4 is 0 Å². The zero-order valence-corrected chi connectivity index (χ0v) is 14.2. The Bertz CT molecular complexity index is 462. The molecular formula is C20H31N. The summed E-state index contributed by atoms with van der Waals surface area (Å²) in [5.74, 6) is 0. The van der Waals surface area contributed by atoms with Crippen molar-refractivity contribution in [1.82, 2.24) is 5.32 Å². The fourth-order valence-corrected chi connectivity index (χ4v) is 3.12. The molecule has 1 unspecified atom stereocenters. The van der Waals surface area contributed by atoms with Crippen molar-refractivity contribution in [3.05, 3.63) is 47.0 Å². The van der Waals surface area contributed by atoms with E-state index >= 15 is 0 Å². The lowest BCUT2D eigenvalue weighted by atomic mass is 9.85. The fraction of sp³-hybridized carbons (Fsp3) is 0.600. The normalized spacial score (nSPS) is 17.4. The molecule has 1 aliphatic rings. The van der Waals surface area contributed by atoms with Gasteiger partial charge in [0, 0.05) is 6.04 Å². The molecule has 116 valence electrons. The van der Waals surface area contributed by atoms with Crippen LogP contribution in [0.3, 0.4) is 0 Å². The van der Waals surface area contributed by atoms with E-state index in [9.17, 15) is 0 Å². The Balaban J connectivity index is 2.12. The largest absolute Gasteiger partial charge is 0.310 e. The minimum atomic E-state index is 0.234. The quantitative estimate of drug-likeness (QED) is 0.702. The summed E-state index contributed by atoms with van der Waals surface area (Å²) in [4.78, 5) is 0. The molecule has 1 nitrogen and oxygen atoms in total. The molecule has 0 amide bonds. The van der Waals surface area contributed by atoms with E-state index in [-0.39, 0.29) is 5.41 Å². The van der Waals surface area contributed by atoms with Gasteiger partial charge in [0.2, 0.25) is 0 Å². The predicted octanol–water partition coefficient (Wildman–Crippen LogP) is 5.53. The molecule has 1 aromatic carbocycles. The van der Waals surface area contributed by atoms with Gasteiger partial charge in [-0.05, 0) is 55.2 Å². The molecule has 0 saturated heterocycles. The Kier molecular flexibility index (Phi) is 5.64. The van der Waals surface area contributed by atoms with Crippen molar-refractivity contribution in [1.29, 1.82) is 0 Å². The van der Waals surface area contributed by atoms with Crippen LogP contribution < -0.4 is 5.32 Å². The molecule has 1 heteroatoms. The third kappa shape index (κ3) is 4.71. The first-order chi connectivity index (χ1) is 10.0. The van der Waals surface area contributed by atoms with Gasteiger partial charge in [-0.15, -0.1) is 0 Å². The van der Waals surface area contributed by atoms with E-state index in [0.29, 0.717) is 6.04 Å². The van der Waals surface area contributed by atoms with Crippen LogP contribution in [0.5, 0.6) is 0 Å². The number of allylic oxidation sites excluding steroid dienone is 1. The highest BCUT2D eigenvalue weighted by Gasteiger charge is 2.17. The Hall–Kier alpha value is -1.08. The molecule has 0 saturated carbocycles. The van der Waals surface area contributed by atoms with E-state index in [4.69, 9.17) is 0 Å². The summed E-state index contributed by atoms with van der Waals surface area (Å²) in [6.45, 7) is 10.1. The molecule has 0 spiro atoms. The fourth-order valence-electron chi connectivity index (χ4n) is 3.12. The first-order valence-electron chi connectivity index (χ1n) is 8.52. The van der Waals surface area contributed by atoms with Crippen molar-refractivity contribution in [3.63, 3.8) is 0 Å². The molecule has 0 fully saturated rings. The first-order valence-corrected chi connectivity index (χ1v) is 8.52. The van der Waals surface area contributed by atoms with E-state index in [1.807, 2.05) is 0 Å². The highest BCUT2D eigenvalue weighted by molar-refractivity contribution is 5.30. The highest BCUT2D eigenvalue weighted by Crippen LogP contribution is 2.29. The summed E-state index contributed by atoms with van der Waals surface area (Å²) < 4.78 is 0. The van der Waals surface area contributed by atoms with Gasteiger partial charge in [-0.25, -0.2) is 0 Å². The minimum absolute atomic E-state index is 0.234. The Morgan fingerprint density at radius 2 is 1.81 bits per heavy atom. The standard InChI is InChI=1S/C20H31N/c1-5-21-19(15-16-9-7-6-8-10-16)17-11-13-18(14-12-17)20(2,3)4/h9,11-14,19,21H,5-8,10,15H2,1-4H3. The van der Waals surface area contributed by atoms with Crippen molar-refractivity contribution in [2.24, 2.45) is 0 Å². The Labute approximate surface area is 130 Å². The Morgan fingerprint density at radius 3 is 2.33 bits per heavy atom. The summed E-state index contributed by atoms with van der Waals surface area (Å²) >= 11 is 0. The summed E-state index contributed by atoms with van der Waals surface area (Å²) in [5, 5.41) is 3.66. The number of rotatable bonds is 5. The third-order valence-electron chi connectivity index (χ3n) is 4.48. The van der Waals surface area contributed by atoms with Crippen LogP contribution in [-0.4, -0.2) is 6.54 Å². The maximum Gasteiger partial charge on any atom is 0.0357 e. The van der Waals surface area contributed by atoms with Crippen LogP contribution >= 0.6 is 0 Å². The van der Waals surface area contributed by atoms with Crippen LogP contribution in [0, 0.1) is 0 Å². The van der Waals surface area contributed by atoms with Gasteiger partial charge in [0.05, 0.1) is 0 Å². The van der Waals surface area contributed by atoms with Crippen LogP contribution in [0.1, 0.15) is 77.0 Å². The second-order valence-electron chi connectivity index (χ2n) is 7.29. The number of hydrogen-bond donors (Lipinski definition) is 1. The van der Waals surface area contributed by atoms with Gasteiger partial charge in [-0.1, -0.05) is 63.6 Å². The monoisotopic (exact) mass is 285 g/mol. The van der Waals surface area contributed by atoms with E-state index in [0.717, 1.165) is 6.54 Å². The predicted molar refractivity (Wildman–Crippen MR) is 92.7 cm³/mol. The highest BCUT2D eigenvalue weighted by atomic mass is 14.9. The van der Waals surface area contributed by atoms with Gasteiger partial charge in [0.15, 0.2) is 0 Å². The summed E-state index contributed by atoms with van der Waals surface area (Å²) in [5.41, 5.74) is 4.72. The minimum Gasteiger partial charge on any atom is -0.310 e. The third-order valence-corrected chi connectivity index (χ3v) is 4.48. The van der Waals surface area contributed by atoms with Gasteiger partial charge < -0.3 is 5.32 Å². The molecular weight excluding hydrogens is 254 g/mol. The molecule has 2 rings (SSSR count). The van der Waals surface area contributed by atoms with E-state index in [2.05, 4.69) is 63.4 Å². The lowest BCUT2D eigenvalue weighted by Gasteiger charge is -2.24. The van der Waals surface area contributed by atoms with Gasteiger partial charge in [0.1, 0.15) is 0 Å². The zero-order chi connectivity index (χ0) is 15.3. The van der Waals surface area contributed by atoms with Gasteiger partial charge in [0.25, 0.3) is 0 Å². The summed E-state index contributed by atoms with van der Waals surface area (Å²) in [6, 6.07) is 9.70. The van der Waals surface area contributed by atoms with E-state index < -0.39 is 0 Å². The molecule has 0 heterocycles. The van der Waals surface area contributed by atoms with Crippen LogP contribution in [0.15, 0.2) is 35.9 Å². The van der Waals surface area contributed by atoms with E-state index in [1.54, 1.807) is 5.57 Å². The molecule has 1 N–H and O–H groups in total. The van der Waals surface area contributed by atoms with Crippen molar-refractivity contribution in [2.75, 3.05) is 6.54 Å². The molecule has 1 aromatic rings. The molecule has 21 heavy (non-hydrogen) atoms. The Morgan fingerprint density at radius 1 is 1.10 bits per heavy atom.